The zero-order valence-electron chi connectivity index (χ0n) is 17.4. The second-order valence-electron chi connectivity index (χ2n) is 8.05. The first-order valence-electron chi connectivity index (χ1n) is 10.8. The molecule has 31 heavy (non-hydrogen) atoms. The van der Waals surface area contributed by atoms with Gasteiger partial charge in [-0.15, -0.1) is 0 Å². The van der Waals surface area contributed by atoms with Gasteiger partial charge in [-0.1, -0.05) is 61.4 Å². The van der Waals surface area contributed by atoms with Gasteiger partial charge in [-0.2, -0.15) is 0 Å². The number of aliphatic imine (C=N–C) groups is 1. The average molecular weight is 428 g/mol. The van der Waals surface area contributed by atoms with Crippen molar-refractivity contribution in [3.8, 4) is 0 Å². The number of rotatable bonds is 5. The van der Waals surface area contributed by atoms with Crippen LogP contribution in [-0.4, -0.2) is 20.5 Å². The molecular formula is C26H25N3OS. The Kier molecular flexibility index (Phi) is 5.76. The van der Waals surface area contributed by atoms with Crippen LogP contribution in [0.1, 0.15) is 42.9 Å². The van der Waals surface area contributed by atoms with Gasteiger partial charge in [-0.05, 0) is 60.0 Å². The van der Waals surface area contributed by atoms with Gasteiger partial charge in [-0.25, -0.2) is 4.99 Å². The van der Waals surface area contributed by atoms with Crippen molar-refractivity contribution in [2.45, 2.75) is 38.3 Å². The third-order valence-corrected chi connectivity index (χ3v) is 6.84. The van der Waals surface area contributed by atoms with Crippen LogP contribution < -0.4 is 0 Å². The third kappa shape index (κ3) is 4.52. The molecule has 1 aromatic heterocycles. The van der Waals surface area contributed by atoms with E-state index in [1.54, 1.807) is 4.90 Å². The number of amides is 1. The van der Waals surface area contributed by atoms with Crippen molar-refractivity contribution in [1.29, 1.82) is 0 Å². The molecule has 1 aliphatic carbocycles. The molecule has 1 amide bonds. The number of para-hydroxylation sites is 1. The molecule has 1 saturated carbocycles. The van der Waals surface area contributed by atoms with Gasteiger partial charge in [0.2, 0.25) is 0 Å². The van der Waals surface area contributed by atoms with Crippen molar-refractivity contribution in [2.24, 2.45) is 4.99 Å². The summed E-state index contributed by atoms with van der Waals surface area (Å²) in [7, 11) is 0. The lowest BCUT2D eigenvalue weighted by atomic mass is 10.2. The van der Waals surface area contributed by atoms with Gasteiger partial charge in [0.05, 0.1) is 17.1 Å². The minimum absolute atomic E-state index is 0.0113. The summed E-state index contributed by atoms with van der Waals surface area (Å²) < 4.78 is 2.31. The van der Waals surface area contributed by atoms with Crippen LogP contribution in [0.15, 0.2) is 89.0 Å². The van der Waals surface area contributed by atoms with Gasteiger partial charge in [0.25, 0.3) is 5.91 Å². The third-order valence-electron chi connectivity index (χ3n) is 5.83. The van der Waals surface area contributed by atoms with Gasteiger partial charge in [0.15, 0.2) is 5.17 Å². The highest BCUT2D eigenvalue weighted by atomic mass is 32.2. The molecule has 2 heterocycles. The van der Waals surface area contributed by atoms with E-state index in [9.17, 15) is 4.79 Å². The Morgan fingerprint density at radius 1 is 0.968 bits per heavy atom. The summed E-state index contributed by atoms with van der Waals surface area (Å²) in [4.78, 5) is 20.6. The smallest absolute Gasteiger partial charge is 0.267 e. The Morgan fingerprint density at radius 2 is 1.68 bits per heavy atom. The summed E-state index contributed by atoms with van der Waals surface area (Å²) in [6, 6.07) is 22.6. The number of aromatic nitrogens is 1. The molecule has 3 aromatic rings. The van der Waals surface area contributed by atoms with Crippen LogP contribution in [0.25, 0.3) is 6.08 Å². The molecule has 156 valence electrons. The van der Waals surface area contributed by atoms with Gasteiger partial charge < -0.3 is 4.57 Å². The van der Waals surface area contributed by atoms with Gasteiger partial charge in [0, 0.05) is 18.4 Å². The van der Waals surface area contributed by atoms with Crippen LogP contribution in [-0.2, 0) is 11.3 Å². The van der Waals surface area contributed by atoms with Gasteiger partial charge in [-0.3, -0.25) is 9.69 Å². The number of carbonyl (C=O) groups excluding carboxylic acids is 1. The van der Waals surface area contributed by atoms with E-state index >= 15 is 0 Å². The summed E-state index contributed by atoms with van der Waals surface area (Å²) in [5.41, 5.74) is 3.01. The quantitative estimate of drug-likeness (QED) is 0.441. The fourth-order valence-corrected chi connectivity index (χ4v) is 5.20. The summed E-state index contributed by atoms with van der Waals surface area (Å²) in [6.07, 6.45) is 11.4. The molecule has 0 atom stereocenters. The predicted molar refractivity (Wildman–Crippen MR) is 128 cm³/mol. The van der Waals surface area contributed by atoms with Crippen molar-refractivity contribution in [1.82, 2.24) is 9.47 Å². The maximum absolute atomic E-state index is 13.3. The number of hydrogen-bond donors (Lipinski definition) is 0. The molecule has 0 N–H and O–H groups in total. The Morgan fingerprint density at radius 3 is 2.42 bits per heavy atom. The molecule has 2 fully saturated rings. The van der Waals surface area contributed by atoms with E-state index in [4.69, 9.17) is 4.99 Å². The van der Waals surface area contributed by atoms with E-state index < -0.39 is 0 Å². The van der Waals surface area contributed by atoms with E-state index in [-0.39, 0.29) is 5.91 Å². The van der Waals surface area contributed by atoms with E-state index in [1.165, 1.54) is 37.4 Å². The summed E-state index contributed by atoms with van der Waals surface area (Å²) in [6.45, 7) is 0.513. The molecule has 0 unspecified atom stereocenters. The van der Waals surface area contributed by atoms with Crippen molar-refractivity contribution in [3.05, 3.63) is 95.2 Å². The van der Waals surface area contributed by atoms with Crippen LogP contribution in [0, 0.1) is 0 Å². The second kappa shape index (κ2) is 8.98. The lowest BCUT2D eigenvalue weighted by molar-refractivity contribution is -0.122. The van der Waals surface area contributed by atoms with Crippen molar-refractivity contribution < 1.29 is 4.79 Å². The molecule has 2 aromatic carbocycles. The van der Waals surface area contributed by atoms with Crippen LogP contribution in [0.3, 0.4) is 0 Å². The predicted octanol–water partition coefficient (Wildman–Crippen LogP) is 6.41. The summed E-state index contributed by atoms with van der Waals surface area (Å²) in [5.74, 6) is 0.0113. The van der Waals surface area contributed by atoms with Gasteiger partial charge >= 0.3 is 0 Å². The second-order valence-corrected chi connectivity index (χ2v) is 9.06. The number of nitrogens with zero attached hydrogens (tertiary/aromatic N) is 3. The van der Waals surface area contributed by atoms with E-state index in [2.05, 4.69) is 23.0 Å². The van der Waals surface area contributed by atoms with Crippen LogP contribution >= 0.6 is 11.8 Å². The SMILES string of the molecule is O=C1/C(=C\c2ccn(C3CCCC3)c2)SC(=Nc2ccccc2)N1Cc1ccccc1. The molecule has 5 rings (SSSR count). The Balaban J connectivity index is 1.44. The topological polar surface area (TPSA) is 37.6 Å². The molecular weight excluding hydrogens is 402 g/mol. The molecule has 4 nitrogen and oxygen atoms in total. The van der Waals surface area contributed by atoms with Crippen LogP contribution in [0.2, 0.25) is 0 Å². The number of amidine groups is 1. The molecule has 0 radical (unpaired) electrons. The Bertz CT molecular complexity index is 1110. The molecule has 2 aliphatic rings. The average Bonchev–Trinajstić information content (AvgIpc) is 3.54. The highest BCUT2D eigenvalue weighted by molar-refractivity contribution is 8.18. The molecule has 0 bridgehead atoms. The lowest BCUT2D eigenvalue weighted by Gasteiger charge is -2.15. The lowest BCUT2D eigenvalue weighted by Crippen LogP contribution is -2.28. The minimum Gasteiger partial charge on any atom is -0.351 e. The van der Waals surface area contributed by atoms with Gasteiger partial charge in [0.1, 0.15) is 0 Å². The number of benzene rings is 2. The normalized spacial score (nSPS) is 19.7. The van der Waals surface area contributed by atoms with Crippen LogP contribution in [0.4, 0.5) is 5.69 Å². The van der Waals surface area contributed by atoms with E-state index in [0.717, 1.165) is 26.9 Å². The maximum atomic E-state index is 13.3. The Hall–Kier alpha value is -3.05. The largest absolute Gasteiger partial charge is 0.351 e. The molecule has 5 heteroatoms. The number of carbonyl (C=O) groups is 1. The van der Waals surface area contributed by atoms with Crippen molar-refractivity contribution in [3.63, 3.8) is 0 Å². The maximum Gasteiger partial charge on any atom is 0.267 e. The fraction of sp³-hybridized carbons (Fsp3) is 0.231. The fourth-order valence-electron chi connectivity index (χ4n) is 4.21. The Labute approximate surface area is 187 Å². The zero-order chi connectivity index (χ0) is 21.0. The molecule has 1 aliphatic heterocycles. The highest BCUT2D eigenvalue weighted by Gasteiger charge is 2.33. The van der Waals surface area contributed by atoms with Crippen LogP contribution in [0.5, 0.6) is 0 Å². The van der Waals surface area contributed by atoms with E-state index in [1.807, 2.05) is 66.7 Å². The zero-order valence-corrected chi connectivity index (χ0v) is 18.2. The molecule has 0 spiro atoms. The number of hydrogen-bond acceptors (Lipinski definition) is 3. The van der Waals surface area contributed by atoms with E-state index in [0.29, 0.717) is 12.6 Å². The highest BCUT2D eigenvalue weighted by Crippen LogP contribution is 2.36. The minimum atomic E-state index is 0.0113. The number of thioether (sulfide) groups is 1. The first-order chi connectivity index (χ1) is 15.3. The summed E-state index contributed by atoms with van der Waals surface area (Å²) in [5, 5.41) is 0.724. The summed E-state index contributed by atoms with van der Waals surface area (Å²) >= 11 is 1.46. The van der Waals surface area contributed by atoms with Crippen molar-refractivity contribution >= 4 is 34.6 Å². The monoisotopic (exact) mass is 427 g/mol. The first kappa shape index (κ1) is 19.9. The van der Waals surface area contributed by atoms with Crippen molar-refractivity contribution in [2.75, 3.05) is 0 Å². The first-order valence-corrected chi connectivity index (χ1v) is 11.6. The standard InChI is InChI=1S/C26H25N3OS/c30-25-24(17-21-15-16-28(18-21)23-13-7-8-14-23)31-26(27-22-11-5-2-6-12-22)29(25)19-20-9-3-1-4-10-20/h1-6,9-12,15-18,23H,7-8,13-14,19H2/b24-17+,27-26?. The molecule has 1 saturated heterocycles.